The fraction of sp³-hybridized carbons (Fsp3) is 0.379. The first-order valence-electron chi connectivity index (χ1n) is 11.8. The van der Waals surface area contributed by atoms with E-state index in [-0.39, 0.29) is 16.5 Å². The third-order valence-electron chi connectivity index (χ3n) is 7.15. The number of hydrogen-bond acceptors (Lipinski definition) is 0. The van der Waals surface area contributed by atoms with Crippen LogP contribution in [0.4, 0.5) is 13.2 Å². The van der Waals surface area contributed by atoms with Crippen LogP contribution in [0.2, 0.25) is 0 Å². The summed E-state index contributed by atoms with van der Waals surface area (Å²) in [6.07, 6.45) is 12.1. The van der Waals surface area contributed by atoms with E-state index in [1.807, 2.05) is 24.3 Å². The fourth-order valence-corrected chi connectivity index (χ4v) is 5.07. The summed E-state index contributed by atoms with van der Waals surface area (Å²) in [7, 11) is 0. The highest BCUT2D eigenvalue weighted by Gasteiger charge is 2.21. The normalized spacial score (nSPS) is 19.2. The second kappa shape index (κ2) is 9.94. The zero-order valence-electron chi connectivity index (χ0n) is 18.9. The molecule has 1 fully saturated rings. The fourth-order valence-electron chi connectivity index (χ4n) is 5.07. The topological polar surface area (TPSA) is 0 Å². The second-order valence-corrected chi connectivity index (χ2v) is 9.15. The van der Waals surface area contributed by atoms with Crippen LogP contribution in [0.3, 0.4) is 0 Å². The van der Waals surface area contributed by atoms with Crippen LogP contribution in [0.25, 0.3) is 28.0 Å². The van der Waals surface area contributed by atoms with E-state index in [2.05, 4.69) is 6.92 Å². The molecule has 0 aliphatic heterocycles. The van der Waals surface area contributed by atoms with Crippen molar-refractivity contribution < 1.29 is 13.2 Å². The molecule has 0 radical (unpaired) electrons. The lowest BCUT2D eigenvalue weighted by Crippen LogP contribution is -2.14. The molecule has 0 atom stereocenters. The Morgan fingerprint density at radius 3 is 2.19 bits per heavy atom. The number of rotatable bonds is 6. The van der Waals surface area contributed by atoms with Gasteiger partial charge in [-0.3, -0.25) is 0 Å². The minimum Gasteiger partial charge on any atom is -0.206 e. The molecule has 1 aliphatic carbocycles. The number of benzene rings is 3. The van der Waals surface area contributed by atoms with Crippen LogP contribution >= 0.6 is 0 Å². The quantitative estimate of drug-likeness (QED) is 0.361. The van der Waals surface area contributed by atoms with E-state index in [1.165, 1.54) is 50.2 Å². The van der Waals surface area contributed by atoms with Gasteiger partial charge in [-0.1, -0.05) is 87.6 Å². The zero-order valence-corrected chi connectivity index (χ0v) is 18.9. The van der Waals surface area contributed by atoms with E-state index < -0.39 is 17.5 Å². The van der Waals surface area contributed by atoms with Crippen LogP contribution in [-0.4, -0.2) is 0 Å². The number of hydrogen-bond donors (Lipinski definition) is 0. The summed E-state index contributed by atoms with van der Waals surface area (Å²) in [5, 5.41) is 0.0627. The minimum atomic E-state index is -1.13. The zero-order chi connectivity index (χ0) is 22.7. The molecule has 1 aliphatic rings. The summed E-state index contributed by atoms with van der Waals surface area (Å²) in [5.41, 5.74) is 2.24. The van der Waals surface area contributed by atoms with E-state index in [4.69, 9.17) is 0 Å². The first kappa shape index (κ1) is 22.6. The van der Waals surface area contributed by atoms with E-state index in [0.717, 1.165) is 18.3 Å². The lowest BCUT2D eigenvalue weighted by atomic mass is 9.78. The van der Waals surface area contributed by atoms with Crippen molar-refractivity contribution in [2.45, 2.75) is 58.8 Å². The Bertz CT molecular complexity index is 1100. The molecule has 0 N–H and O–H groups in total. The summed E-state index contributed by atoms with van der Waals surface area (Å²) >= 11 is 0. The van der Waals surface area contributed by atoms with Gasteiger partial charge >= 0.3 is 0 Å². The Kier molecular flexibility index (Phi) is 7.03. The molecule has 0 amide bonds. The van der Waals surface area contributed by atoms with Gasteiger partial charge in [0, 0.05) is 11.1 Å². The molecule has 1 saturated carbocycles. The average Bonchev–Trinajstić information content (AvgIpc) is 2.82. The maximum Gasteiger partial charge on any atom is 0.170 e. The van der Waals surface area contributed by atoms with Gasteiger partial charge in [-0.15, -0.1) is 0 Å². The van der Waals surface area contributed by atoms with Gasteiger partial charge in [-0.2, -0.15) is 0 Å². The van der Waals surface area contributed by atoms with Crippen molar-refractivity contribution in [1.82, 2.24) is 0 Å². The van der Waals surface area contributed by atoms with Gasteiger partial charge in [0.05, 0.1) is 5.39 Å². The predicted molar refractivity (Wildman–Crippen MR) is 128 cm³/mol. The van der Waals surface area contributed by atoms with Crippen LogP contribution in [0.1, 0.15) is 63.5 Å². The number of allylic oxidation sites excluding steroid dienone is 1. The summed E-state index contributed by atoms with van der Waals surface area (Å²) < 4.78 is 44.5. The Labute approximate surface area is 189 Å². The number of aryl methyl sites for hydroxylation is 1. The SMILES string of the molecule is C/C=C/c1ccc2cc(-c3ccc(CCC4CCC(CC)CC4)cc3)c(F)c(F)c2c1F. The van der Waals surface area contributed by atoms with E-state index >= 15 is 0 Å². The van der Waals surface area contributed by atoms with Crippen molar-refractivity contribution in [2.75, 3.05) is 0 Å². The molecule has 0 saturated heterocycles. The van der Waals surface area contributed by atoms with Gasteiger partial charge in [0.15, 0.2) is 11.6 Å². The smallest absolute Gasteiger partial charge is 0.170 e. The Morgan fingerprint density at radius 1 is 0.844 bits per heavy atom. The lowest BCUT2D eigenvalue weighted by molar-refractivity contribution is 0.259. The van der Waals surface area contributed by atoms with Crippen molar-refractivity contribution in [1.29, 1.82) is 0 Å². The molecule has 4 rings (SSSR count). The van der Waals surface area contributed by atoms with Gasteiger partial charge in [0.2, 0.25) is 0 Å². The minimum absolute atomic E-state index is 0.164. The first-order valence-corrected chi connectivity index (χ1v) is 11.8. The summed E-state index contributed by atoms with van der Waals surface area (Å²) in [6, 6.07) is 12.5. The maximum absolute atomic E-state index is 14.9. The van der Waals surface area contributed by atoms with Crippen molar-refractivity contribution in [2.24, 2.45) is 11.8 Å². The number of fused-ring (bicyclic) bond motifs is 1. The number of halogens is 3. The van der Waals surface area contributed by atoms with Gasteiger partial charge in [-0.25, -0.2) is 13.2 Å². The molecule has 0 bridgehead atoms. The third kappa shape index (κ3) is 4.62. The predicted octanol–water partition coefficient (Wildman–Crippen LogP) is 9.11. The molecule has 3 aromatic carbocycles. The molecule has 0 aromatic heterocycles. The molecule has 32 heavy (non-hydrogen) atoms. The van der Waals surface area contributed by atoms with Crippen molar-refractivity contribution >= 4 is 16.8 Å². The monoisotopic (exact) mass is 436 g/mol. The molecular formula is C29H31F3. The summed E-state index contributed by atoms with van der Waals surface area (Å²) in [4.78, 5) is 0. The van der Waals surface area contributed by atoms with E-state index in [9.17, 15) is 13.2 Å². The van der Waals surface area contributed by atoms with Crippen molar-refractivity contribution in [3.8, 4) is 11.1 Å². The van der Waals surface area contributed by atoms with Gasteiger partial charge in [-0.05, 0) is 54.2 Å². The molecule has 0 nitrogen and oxygen atoms in total. The highest BCUT2D eigenvalue weighted by atomic mass is 19.2. The van der Waals surface area contributed by atoms with Gasteiger partial charge in [0.25, 0.3) is 0 Å². The van der Waals surface area contributed by atoms with Crippen LogP contribution in [0, 0.1) is 29.3 Å². The highest BCUT2D eigenvalue weighted by molar-refractivity contribution is 5.90. The lowest BCUT2D eigenvalue weighted by Gasteiger charge is -2.27. The molecule has 0 spiro atoms. The summed E-state index contributed by atoms with van der Waals surface area (Å²) in [6.45, 7) is 4.04. The van der Waals surface area contributed by atoms with Crippen LogP contribution in [-0.2, 0) is 6.42 Å². The van der Waals surface area contributed by atoms with Crippen LogP contribution < -0.4 is 0 Å². The standard InChI is InChI=1S/C29H31F3/c1-3-5-23-16-17-24-18-25(28(31)29(32)26(24)27(23)30)22-14-12-21(13-15-22)11-10-20-8-6-19(4-2)7-9-20/h3,5,12-20H,4,6-11H2,1-2H3/b5-3+. The largest absolute Gasteiger partial charge is 0.206 e. The van der Waals surface area contributed by atoms with Crippen molar-refractivity contribution in [3.63, 3.8) is 0 Å². The van der Waals surface area contributed by atoms with Gasteiger partial charge in [0.1, 0.15) is 5.82 Å². The Morgan fingerprint density at radius 2 is 1.53 bits per heavy atom. The molecule has 3 heteroatoms. The molecule has 168 valence electrons. The molecule has 0 heterocycles. The summed E-state index contributed by atoms with van der Waals surface area (Å²) in [5.74, 6) is -1.16. The van der Waals surface area contributed by atoms with Crippen molar-refractivity contribution in [3.05, 3.63) is 77.1 Å². The third-order valence-corrected chi connectivity index (χ3v) is 7.15. The average molecular weight is 437 g/mol. The van der Waals surface area contributed by atoms with Crippen LogP contribution in [0.5, 0.6) is 0 Å². The van der Waals surface area contributed by atoms with E-state index in [1.54, 1.807) is 31.2 Å². The maximum atomic E-state index is 14.9. The molecule has 0 unspecified atom stereocenters. The Hall–Kier alpha value is -2.55. The van der Waals surface area contributed by atoms with Crippen LogP contribution in [0.15, 0.2) is 48.5 Å². The Balaban J connectivity index is 1.53. The second-order valence-electron chi connectivity index (χ2n) is 9.15. The van der Waals surface area contributed by atoms with E-state index in [0.29, 0.717) is 10.9 Å². The first-order chi connectivity index (χ1) is 15.5. The molecule has 3 aromatic rings. The molecular weight excluding hydrogens is 405 g/mol. The van der Waals surface area contributed by atoms with Gasteiger partial charge < -0.3 is 0 Å². The highest BCUT2D eigenvalue weighted by Crippen LogP contribution is 2.35.